The Balaban J connectivity index is 1.15. The van der Waals surface area contributed by atoms with Crippen LogP contribution in [-0.4, -0.2) is 85.2 Å². The number of rotatable bonds is 8. The molecule has 9 nitrogen and oxygen atoms in total. The molecule has 0 amide bonds. The van der Waals surface area contributed by atoms with Gasteiger partial charge in [-0.05, 0) is 48.9 Å². The standard InChI is InChI=1S/C34H37N5O4S2/c1-22-5-7-26(35-20-22)33(28-21-38(9-13-40)10-16-43-28)36-23-6-8-29-31(17-23)44-30-4-2-3-25(34(30)45-29)27-18-24(19-32(41)37-27)39-11-14-42-15-12-39/h2-8,17-20,28,33,36,40H,9-16,21H2,1H3,(H,37,41). The predicted molar refractivity (Wildman–Crippen MR) is 179 cm³/mol. The molecular weight excluding hydrogens is 607 g/mol. The van der Waals surface area contributed by atoms with E-state index in [2.05, 4.69) is 74.7 Å². The van der Waals surface area contributed by atoms with Crippen molar-refractivity contribution in [3.05, 3.63) is 88.5 Å². The highest BCUT2D eigenvalue weighted by molar-refractivity contribution is 8.05. The van der Waals surface area contributed by atoms with Crippen LogP contribution in [-0.2, 0) is 9.47 Å². The summed E-state index contributed by atoms with van der Waals surface area (Å²) in [7, 11) is 0. The van der Waals surface area contributed by atoms with E-state index >= 15 is 0 Å². The maximum absolute atomic E-state index is 12.7. The monoisotopic (exact) mass is 643 g/mol. The SMILES string of the molecule is Cc1ccc(C(Nc2ccc3c(c2)Sc2cccc(-c4cc(N5CCOCC5)cc(=O)[nH]4)c2S3)C2CN(CCO)CCO2)nc1. The van der Waals surface area contributed by atoms with Gasteiger partial charge >= 0.3 is 0 Å². The summed E-state index contributed by atoms with van der Waals surface area (Å²) in [6, 6.07) is 20.6. The van der Waals surface area contributed by atoms with E-state index < -0.39 is 0 Å². The summed E-state index contributed by atoms with van der Waals surface area (Å²) >= 11 is 3.49. The van der Waals surface area contributed by atoms with Gasteiger partial charge in [0.05, 0.1) is 50.0 Å². The number of aliphatic hydroxyl groups excluding tert-OH is 1. The number of pyridine rings is 2. The molecular formula is C34H37N5O4S2. The molecule has 5 heterocycles. The van der Waals surface area contributed by atoms with Gasteiger partial charge in [0.1, 0.15) is 0 Å². The number of aromatic nitrogens is 2. The van der Waals surface area contributed by atoms with Gasteiger partial charge in [-0.3, -0.25) is 14.7 Å². The van der Waals surface area contributed by atoms with Gasteiger partial charge in [0, 0.05) is 81.5 Å². The average Bonchev–Trinajstić information content (AvgIpc) is 3.07. The maximum Gasteiger partial charge on any atom is 0.250 e. The molecule has 45 heavy (non-hydrogen) atoms. The molecule has 0 radical (unpaired) electrons. The van der Waals surface area contributed by atoms with Crippen LogP contribution in [0.4, 0.5) is 11.4 Å². The van der Waals surface area contributed by atoms with E-state index in [1.54, 1.807) is 29.6 Å². The third-order valence-corrected chi connectivity index (χ3v) is 11.0. The third kappa shape index (κ3) is 6.79. The molecule has 2 atom stereocenters. The van der Waals surface area contributed by atoms with E-state index in [-0.39, 0.29) is 24.3 Å². The number of aromatic amines is 1. The normalized spacial score (nSPS) is 19.1. The lowest BCUT2D eigenvalue weighted by atomic mass is 10.0. The van der Waals surface area contributed by atoms with Crippen LogP contribution in [0.25, 0.3) is 11.3 Å². The molecule has 2 fully saturated rings. The number of benzene rings is 2. The van der Waals surface area contributed by atoms with Crippen molar-refractivity contribution >= 4 is 34.9 Å². The van der Waals surface area contributed by atoms with Crippen molar-refractivity contribution in [2.75, 3.05) is 69.4 Å². The number of hydrogen-bond donors (Lipinski definition) is 3. The Kier molecular flexibility index (Phi) is 9.16. The molecule has 2 aromatic carbocycles. The number of β-amino-alcohol motifs (C(OH)–C–C–N with tert-alkyl or cyclic N) is 1. The number of anilines is 2. The predicted octanol–water partition coefficient (Wildman–Crippen LogP) is 5.04. The maximum atomic E-state index is 12.7. The summed E-state index contributed by atoms with van der Waals surface area (Å²) < 4.78 is 11.8. The summed E-state index contributed by atoms with van der Waals surface area (Å²) in [5.74, 6) is 0. The van der Waals surface area contributed by atoms with Crippen molar-refractivity contribution in [2.45, 2.75) is 38.7 Å². The molecule has 3 aliphatic heterocycles. The minimum Gasteiger partial charge on any atom is -0.395 e. The zero-order valence-electron chi connectivity index (χ0n) is 25.2. The number of aryl methyl sites for hydroxylation is 1. The molecule has 0 aliphatic carbocycles. The fourth-order valence-corrected chi connectivity index (χ4v) is 8.47. The second kappa shape index (κ2) is 13.6. The second-order valence-electron chi connectivity index (χ2n) is 11.5. The fourth-order valence-electron chi connectivity index (χ4n) is 6.06. The molecule has 3 N–H and O–H groups in total. The molecule has 0 spiro atoms. The van der Waals surface area contributed by atoms with Crippen molar-refractivity contribution < 1.29 is 14.6 Å². The number of fused-ring (bicyclic) bond motifs is 2. The molecule has 2 unspecified atom stereocenters. The minimum absolute atomic E-state index is 0.102. The van der Waals surface area contributed by atoms with Crippen LogP contribution in [0.5, 0.6) is 0 Å². The summed E-state index contributed by atoms with van der Waals surface area (Å²) in [4.78, 5) is 29.7. The first-order valence-electron chi connectivity index (χ1n) is 15.4. The van der Waals surface area contributed by atoms with E-state index in [1.165, 1.54) is 9.79 Å². The van der Waals surface area contributed by atoms with Crippen LogP contribution < -0.4 is 15.8 Å². The van der Waals surface area contributed by atoms with E-state index in [4.69, 9.17) is 14.5 Å². The first kappa shape index (κ1) is 30.3. The van der Waals surface area contributed by atoms with Crippen LogP contribution in [0, 0.1) is 6.92 Å². The zero-order chi connectivity index (χ0) is 30.8. The topological polar surface area (TPSA) is 103 Å². The van der Waals surface area contributed by atoms with Crippen LogP contribution in [0.3, 0.4) is 0 Å². The first-order valence-corrected chi connectivity index (χ1v) is 17.0. The van der Waals surface area contributed by atoms with Crippen LogP contribution >= 0.6 is 23.5 Å². The Bertz CT molecular complexity index is 1710. The molecule has 2 saturated heterocycles. The van der Waals surface area contributed by atoms with Crippen LogP contribution in [0.2, 0.25) is 0 Å². The Morgan fingerprint density at radius 2 is 1.91 bits per heavy atom. The minimum atomic E-state index is -0.152. The molecule has 4 aromatic rings. The lowest BCUT2D eigenvalue weighted by Crippen LogP contribution is -2.47. The van der Waals surface area contributed by atoms with Crippen molar-refractivity contribution in [1.29, 1.82) is 0 Å². The number of nitrogens with zero attached hydrogens (tertiary/aromatic N) is 3. The Morgan fingerprint density at radius 1 is 1.02 bits per heavy atom. The lowest BCUT2D eigenvalue weighted by Gasteiger charge is -2.37. The Labute approximate surface area is 271 Å². The number of hydrogen-bond acceptors (Lipinski definition) is 10. The summed E-state index contributed by atoms with van der Waals surface area (Å²) in [5.41, 5.74) is 5.72. The molecule has 234 valence electrons. The lowest BCUT2D eigenvalue weighted by molar-refractivity contribution is -0.0415. The van der Waals surface area contributed by atoms with Gasteiger partial charge in [-0.25, -0.2) is 0 Å². The van der Waals surface area contributed by atoms with Crippen molar-refractivity contribution in [1.82, 2.24) is 14.9 Å². The highest BCUT2D eigenvalue weighted by Gasteiger charge is 2.31. The number of morpholine rings is 2. The Hall–Kier alpha value is -3.32. The largest absolute Gasteiger partial charge is 0.395 e. The van der Waals surface area contributed by atoms with Gasteiger partial charge in [-0.15, -0.1) is 0 Å². The molecule has 7 rings (SSSR count). The van der Waals surface area contributed by atoms with Gasteiger partial charge in [0.25, 0.3) is 0 Å². The smallest absolute Gasteiger partial charge is 0.250 e. The van der Waals surface area contributed by atoms with Gasteiger partial charge in [0.15, 0.2) is 0 Å². The Morgan fingerprint density at radius 3 is 2.73 bits per heavy atom. The number of aliphatic hydroxyl groups is 1. The van der Waals surface area contributed by atoms with E-state index in [1.807, 2.05) is 13.1 Å². The van der Waals surface area contributed by atoms with Gasteiger partial charge in [0.2, 0.25) is 5.56 Å². The molecule has 2 aromatic heterocycles. The highest BCUT2D eigenvalue weighted by Crippen LogP contribution is 2.52. The summed E-state index contributed by atoms with van der Waals surface area (Å²) in [6.45, 7) is 7.84. The third-order valence-electron chi connectivity index (χ3n) is 8.39. The van der Waals surface area contributed by atoms with Crippen molar-refractivity contribution in [2.24, 2.45) is 0 Å². The fraction of sp³-hybridized carbons (Fsp3) is 0.353. The van der Waals surface area contributed by atoms with Gasteiger partial charge in [-0.1, -0.05) is 41.7 Å². The quantitative estimate of drug-likeness (QED) is 0.213. The van der Waals surface area contributed by atoms with Crippen molar-refractivity contribution in [3.8, 4) is 11.3 Å². The van der Waals surface area contributed by atoms with E-state index in [0.29, 0.717) is 32.9 Å². The summed E-state index contributed by atoms with van der Waals surface area (Å²) in [6.07, 6.45) is 1.79. The first-order chi connectivity index (χ1) is 22.0. The van der Waals surface area contributed by atoms with Crippen molar-refractivity contribution in [3.63, 3.8) is 0 Å². The molecule has 3 aliphatic rings. The molecule has 0 bridgehead atoms. The van der Waals surface area contributed by atoms with Gasteiger partial charge < -0.3 is 29.8 Å². The number of nitrogens with one attached hydrogen (secondary N) is 2. The van der Waals surface area contributed by atoms with E-state index in [0.717, 1.165) is 63.3 Å². The van der Waals surface area contributed by atoms with Gasteiger partial charge in [-0.2, -0.15) is 0 Å². The number of H-pyrrole nitrogens is 1. The van der Waals surface area contributed by atoms with Crippen LogP contribution in [0.1, 0.15) is 17.3 Å². The molecule has 11 heteroatoms. The number of ether oxygens (including phenoxy) is 2. The highest BCUT2D eigenvalue weighted by atomic mass is 32.2. The average molecular weight is 644 g/mol. The van der Waals surface area contributed by atoms with Crippen LogP contribution in [0.15, 0.2) is 91.2 Å². The summed E-state index contributed by atoms with van der Waals surface area (Å²) in [5, 5.41) is 13.3. The second-order valence-corrected chi connectivity index (χ2v) is 13.7. The zero-order valence-corrected chi connectivity index (χ0v) is 26.8. The molecule has 0 saturated carbocycles. The van der Waals surface area contributed by atoms with E-state index in [9.17, 15) is 9.90 Å².